The molecule has 0 unspecified atom stereocenters. The Morgan fingerprint density at radius 3 is 2.67 bits per heavy atom. The van der Waals surface area contributed by atoms with Gasteiger partial charge in [-0.3, -0.25) is 0 Å². The zero-order chi connectivity index (χ0) is 10.7. The highest BCUT2D eigenvalue weighted by atomic mass is 32.1. The van der Waals surface area contributed by atoms with Gasteiger partial charge in [-0.05, 0) is 30.0 Å². The zero-order valence-electron chi connectivity index (χ0n) is 9.04. The highest BCUT2D eigenvalue weighted by Gasteiger charge is 2.02. The third-order valence-electron chi connectivity index (χ3n) is 2.37. The lowest BCUT2D eigenvalue weighted by Crippen LogP contribution is -1.97. The van der Waals surface area contributed by atoms with Crippen molar-refractivity contribution in [2.75, 3.05) is 5.32 Å². The molecule has 0 aromatic carbocycles. The minimum Gasteiger partial charge on any atom is -0.464 e. The van der Waals surface area contributed by atoms with Crippen molar-refractivity contribution in [1.29, 1.82) is 0 Å². The smallest absolute Gasteiger partial charge is 0.123 e. The quantitative estimate of drug-likeness (QED) is 0.849. The number of anilines is 1. The van der Waals surface area contributed by atoms with Crippen molar-refractivity contribution >= 4 is 17.0 Å². The molecule has 1 N–H and O–H groups in total. The van der Waals surface area contributed by atoms with Crippen molar-refractivity contribution in [3.63, 3.8) is 0 Å². The Labute approximate surface area is 93.9 Å². The van der Waals surface area contributed by atoms with E-state index in [0.29, 0.717) is 0 Å². The fourth-order valence-electron chi connectivity index (χ4n) is 1.43. The molecule has 2 aromatic heterocycles. The summed E-state index contributed by atoms with van der Waals surface area (Å²) in [5.41, 5.74) is 2.50. The van der Waals surface area contributed by atoms with E-state index in [-0.39, 0.29) is 0 Å². The van der Waals surface area contributed by atoms with Crippen LogP contribution in [0.4, 0.5) is 5.69 Å². The lowest BCUT2D eigenvalue weighted by Gasteiger charge is -2.02. The lowest BCUT2D eigenvalue weighted by atomic mass is 10.3. The van der Waals surface area contributed by atoms with E-state index in [1.54, 1.807) is 11.3 Å². The first kappa shape index (κ1) is 10.3. The van der Waals surface area contributed by atoms with Crippen LogP contribution in [0.5, 0.6) is 0 Å². The highest BCUT2D eigenvalue weighted by molar-refractivity contribution is 7.08. The summed E-state index contributed by atoms with van der Waals surface area (Å²) in [4.78, 5) is 0. The Balaban J connectivity index is 1.96. The molecule has 0 saturated carbocycles. The first-order valence-electron chi connectivity index (χ1n) is 5.14. The summed E-state index contributed by atoms with van der Waals surface area (Å²) in [5, 5.41) is 7.63. The summed E-state index contributed by atoms with van der Waals surface area (Å²) in [6, 6.07) is 4.07. The van der Waals surface area contributed by atoms with Gasteiger partial charge in [0.05, 0.1) is 6.54 Å². The Kier molecular flexibility index (Phi) is 3.11. The van der Waals surface area contributed by atoms with Gasteiger partial charge in [0, 0.05) is 17.5 Å². The van der Waals surface area contributed by atoms with Gasteiger partial charge in [-0.25, -0.2) is 0 Å². The Bertz CT molecular complexity index is 430. The van der Waals surface area contributed by atoms with Crippen molar-refractivity contribution in [3.05, 3.63) is 40.0 Å². The van der Waals surface area contributed by atoms with Crippen LogP contribution in [0.1, 0.15) is 24.0 Å². The minimum absolute atomic E-state index is 0.761. The van der Waals surface area contributed by atoms with E-state index in [1.807, 2.05) is 12.1 Å². The van der Waals surface area contributed by atoms with Gasteiger partial charge < -0.3 is 9.73 Å². The average Bonchev–Trinajstić information content (AvgIpc) is 2.84. The molecule has 3 heteroatoms. The van der Waals surface area contributed by atoms with Crippen molar-refractivity contribution in [3.8, 4) is 0 Å². The molecule has 15 heavy (non-hydrogen) atoms. The second-order valence-corrected chi connectivity index (χ2v) is 4.29. The average molecular weight is 221 g/mol. The summed E-state index contributed by atoms with van der Waals surface area (Å²) in [6.07, 6.45) is 0.956. The van der Waals surface area contributed by atoms with Crippen LogP contribution < -0.4 is 5.32 Å². The van der Waals surface area contributed by atoms with Crippen LogP contribution in [0, 0.1) is 6.92 Å². The third-order valence-corrected chi connectivity index (χ3v) is 3.24. The molecular formula is C12H15NOS. The maximum atomic E-state index is 5.61. The van der Waals surface area contributed by atoms with Gasteiger partial charge in [-0.15, -0.1) is 11.3 Å². The summed E-state index contributed by atoms with van der Waals surface area (Å²) >= 11 is 1.72. The Morgan fingerprint density at radius 1 is 1.27 bits per heavy atom. The summed E-state index contributed by atoms with van der Waals surface area (Å²) in [7, 11) is 0. The van der Waals surface area contributed by atoms with Crippen LogP contribution in [0.25, 0.3) is 0 Å². The first-order valence-corrected chi connectivity index (χ1v) is 6.08. The number of nitrogens with one attached hydrogen (secondary N) is 1. The van der Waals surface area contributed by atoms with Crippen molar-refractivity contribution in [2.24, 2.45) is 0 Å². The van der Waals surface area contributed by atoms with Crippen LogP contribution in [-0.4, -0.2) is 0 Å². The van der Waals surface area contributed by atoms with Gasteiger partial charge in [0.25, 0.3) is 0 Å². The molecule has 0 radical (unpaired) electrons. The standard InChI is InChI=1S/C12H15NOS/c1-3-10-4-5-11(14-10)6-13-12-8-15-7-9(12)2/h4-5,7-8,13H,3,6H2,1-2H3. The molecule has 2 heterocycles. The molecule has 0 spiro atoms. The highest BCUT2D eigenvalue weighted by Crippen LogP contribution is 2.20. The molecular weight excluding hydrogens is 206 g/mol. The molecule has 2 aromatic rings. The predicted octanol–water partition coefficient (Wildman–Crippen LogP) is 3.82. The minimum atomic E-state index is 0.761. The van der Waals surface area contributed by atoms with E-state index >= 15 is 0 Å². The molecule has 0 atom stereocenters. The maximum Gasteiger partial charge on any atom is 0.123 e. The fraction of sp³-hybridized carbons (Fsp3) is 0.333. The van der Waals surface area contributed by atoms with Gasteiger partial charge in [0.15, 0.2) is 0 Å². The molecule has 0 aliphatic heterocycles. The van der Waals surface area contributed by atoms with E-state index in [1.165, 1.54) is 11.3 Å². The van der Waals surface area contributed by atoms with E-state index in [9.17, 15) is 0 Å². The van der Waals surface area contributed by atoms with Crippen molar-refractivity contribution in [2.45, 2.75) is 26.8 Å². The summed E-state index contributed by atoms with van der Waals surface area (Å²) in [5.74, 6) is 2.05. The number of hydrogen-bond acceptors (Lipinski definition) is 3. The number of aryl methyl sites for hydroxylation is 2. The van der Waals surface area contributed by atoms with Crippen molar-refractivity contribution < 1.29 is 4.42 Å². The van der Waals surface area contributed by atoms with Gasteiger partial charge in [-0.2, -0.15) is 0 Å². The van der Waals surface area contributed by atoms with Crippen molar-refractivity contribution in [1.82, 2.24) is 0 Å². The number of hydrogen-bond donors (Lipinski definition) is 1. The Morgan fingerprint density at radius 2 is 2.07 bits per heavy atom. The van der Waals surface area contributed by atoms with Crippen LogP contribution in [0.2, 0.25) is 0 Å². The second kappa shape index (κ2) is 4.53. The molecule has 0 fully saturated rings. The molecule has 0 amide bonds. The fourth-order valence-corrected chi connectivity index (χ4v) is 2.24. The van der Waals surface area contributed by atoms with E-state index in [0.717, 1.165) is 24.5 Å². The predicted molar refractivity (Wildman–Crippen MR) is 64.5 cm³/mol. The summed E-state index contributed by atoms with van der Waals surface area (Å²) < 4.78 is 5.61. The monoisotopic (exact) mass is 221 g/mol. The number of rotatable bonds is 4. The van der Waals surface area contributed by atoms with E-state index in [4.69, 9.17) is 4.42 Å². The molecule has 2 rings (SSSR count). The van der Waals surface area contributed by atoms with Gasteiger partial charge >= 0.3 is 0 Å². The molecule has 0 saturated heterocycles. The number of thiophene rings is 1. The summed E-state index contributed by atoms with van der Waals surface area (Å²) in [6.45, 7) is 4.97. The molecule has 0 aliphatic rings. The molecule has 2 nitrogen and oxygen atoms in total. The maximum absolute atomic E-state index is 5.61. The second-order valence-electron chi connectivity index (χ2n) is 3.54. The third kappa shape index (κ3) is 2.42. The topological polar surface area (TPSA) is 25.2 Å². The number of furan rings is 1. The van der Waals surface area contributed by atoms with Gasteiger partial charge in [0.1, 0.15) is 11.5 Å². The van der Waals surface area contributed by atoms with Crippen LogP contribution in [0.3, 0.4) is 0 Å². The van der Waals surface area contributed by atoms with E-state index < -0.39 is 0 Å². The molecule has 0 aliphatic carbocycles. The van der Waals surface area contributed by atoms with Crippen LogP contribution >= 0.6 is 11.3 Å². The van der Waals surface area contributed by atoms with E-state index in [2.05, 4.69) is 29.9 Å². The normalized spacial score (nSPS) is 10.5. The van der Waals surface area contributed by atoms with Crippen LogP contribution in [-0.2, 0) is 13.0 Å². The van der Waals surface area contributed by atoms with Crippen LogP contribution in [0.15, 0.2) is 27.3 Å². The largest absolute Gasteiger partial charge is 0.464 e. The molecule has 80 valence electrons. The SMILES string of the molecule is CCc1ccc(CNc2cscc2C)o1. The zero-order valence-corrected chi connectivity index (χ0v) is 9.86. The first-order chi connectivity index (χ1) is 7.29. The van der Waals surface area contributed by atoms with Gasteiger partial charge in [0.2, 0.25) is 0 Å². The molecule has 0 bridgehead atoms. The van der Waals surface area contributed by atoms with Gasteiger partial charge in [-0.1, -0.05) is 6.92 Å². The lowest BCUT2D eigenvalue weighted by molar-refractivity contribution is 0.476. The Hall–Kier alpha value is -1.22.